The molecule has 1 aliphatic heterocycles. The minimum atomic E-state index is 0.0190. The molecule has 124 valence electrons. The summed E-state index contributed by atoms with van der Waals surface area (Å²) in [6.45, 7) is 0.876. The van der Waals surface area contributed by atoms with Crippen molar-refractivity contribution >= 4 is 17.6 Å². The van der Waals surface area contributed by atoms with Crippen molar-refractivity contribution in [3.63, 3.8) is 0 Å². The van der Waals surface area contributed by atoms with E-state index in [-0.39, 0.29) is 12.5 Å². The molecule has 0 atom stereocenters. The molecule has 2 aliphatic rings. The van der Waals surface area contributed by atoms with Gasteiger partial charge in [0.2, 0.25) is 5.91 Å². The van der Waals surface area contributed by atoms with Gasteiger partial charge in [0.25, 0.3) is 0 Å². The van der Waals surface area contributed by atoms with Gasteiger partial charge >= 0.3 is 0 Å². The number of amides is 1. The van der Waals surface area contributed by atoms with Gasteiger partial charge in [-0.05, 0) is 37.3 Å². The number of benzene rings is 1. The monoisotopic (exact) mass is 314 g/mol. The quantitative estimate of drug-likeness (QED) is 0.664. The smallest absolute Gasteiger partial charge is 0.248 e. The number of guanidine groups is 1. The molecule has 5 nitrogen and oxygen atoms in total. The lowest BCUT2D eigenvalue weighted by Gasteiger charge is -2.29. The highest BCUT2D eigenvalue weighted by atomic mass is 16.2. The summed E-state index contributed by atoms with van der Waals surface area (Å²) in [6, 6.07) is 8.53. The molecule has 1 fully saturated rings. The number of anilines is 1. The number of nitrogens with two attached hydrogens (primary N) is 1. The van der Waals surface area contributed by atoms with Gasteiger partial charge in [-0.25, -0.2) is 4.99 Å². The number of rotatable bonds is 3. The Hall–Kier alpha value is -2.04. The minimum absolute atomic E-state index is 0.0190. The highest BCUT2D eigenvalue weighted by molar-refractivity contribution is 5.97. The maximum atomic E-state index is 12.5. The molecule has 5 heteroatoms. The molecular weight excluding hydrogens is 288 g/mol. The molecule has 0 saturated heterocycles. The van der Waals surface area contributed by atoms with E-state index in [1.807, 2.05) is 23.1 Å². The van der Waals surface area contributed by atoms with Crippen molar-refractivity contribution in [3.8, 4) is 0 Å². The van der Waals surface area contributed by atoms with Gasteiger partial charge in [0, 0.05) is 18.3 Å². The number of para-hydroxylation sites is 1. The van der Waals surface area contributed by atoms with Crippen LogP contribution in [0.5, 0.6) is 0 Å². The van der Waals surface area contributed by atoms with Crippen molar-refractivity contribution in [1.29, 1.82) is 0 Å². The summed E-state index contributed by atoms with van der Waals surface area (Å²) in [7, 11) is 0. The summed E-state index contributed by atoms with van der Waals surface area (Å²) in [4.78, 5) is 18.6. The molecule has 1 aromatic rings. The lowest BCUT2D eigenvalue weighted by atomic mass is 9.96. The van der Waals surface area contributed by atoms with E-state index in [0.29, 0.717) is 12.0 Å². The average Bonchev–Trinajstić information content (AvgIpc) is 2.60. The molecule has 3 rings (SSSR count). The van der Waals surface area contributed by atoms with Crippen molar-refractivity contribution in [2.45, 2.75) is 51.0 Å². The second-order valence-corrected chi connectivity index (χ2v) is 6.46. The molecule has 0 radical (unpaired) electrons. The van der Waals surface area contributed by atoms with Crippen LogP contribution in [0.3, 0.4) is 0 Å². The number of nitrogens with one attached hydrogen (secondary N) is 1. The van der Waals surface area contributed by atoms with Crippen LogP contribution in [0.15, 0.2) is 29.3 Å². The number of aryl methyl sites for hydroxylation is 1. The molecule has 23 heavy (non-hydrogen) atoms. The highest BCUT2D eigenvalue weighted by Gasteiger charge is 2.21. The van der Waals surface area contributed by atoms with E-state index >= 15 is 0 Å². The summed E-state index contributed by atoms with van der Waals surface area (Å²) < 4.78 is 0. The Kier molecular flexibility index (Phi) is 5.16. The Morgan fingerprint density at radius 3 is 2.83 bits per heavy atom. The fraction of sp³-hybridized carbons (Fsp3) is 0.556. The SMILES string of the molecule is NC(=NCC(=O)N1CCCc2ccccc21)NC1CCCCC1. The molecule has 0 unspecified atom stereocenters. The third kappa shape index (κ3) is 4.03. The summed E-state index contributed by atoms with van der Waals surface area (Å²) in [6.07, 6.45) is 8.12. The maximum absolute atomic E-state index is 12.5. The molecule has 1 aliphatic carbocycles. The Bertz CT molecular complexity index is 578. The second kappa shape index (κ2) is 7.49. The Morgan fingerprint density at radius 2 is 2.00 bits per heavy atom. The molecular formula is C18H26N4O. The van der Waals surface area contributed by atoms with Crippen molar-refractivity contribution in [2.24, 2.45) is 10.7 Å². The molecule has 1 amide bonds. The van der Waals surface area contributed by atoms with Gasteiger partial charge in [0.1, 0.15) is 6.54 Å². The Morgan fingerprint density at radius 1 is 1.22 bits per heavy atom. The first-order chi connectivity index (χ1) is 11.2. The maximum Gasteiger partial charge on any atom is 0.248 e. The number of hydrogen-bond acceptors (Lipinski definition) is 2. The molecule has 3 N–H and O–H groups in total. The van der Waals surface area contributed by atoms with Crippen molar-refractivity contribution < 1.29 is 4.79 Å². The van der Waals surface area contributed by atoms with Crippen molar-refractivity contribution in [1.82, 2.24) is 5.32 Å². The first-order valence-electron chi connectivity index (χ1n) is 8.69. The zero-order chi connectivity index (χ0) is 16.1. The number of aliphatic imine (C=N–C) groups is 1. The van der Waals surface area contributed by atoms with Crippen LogP contribution in [0, 0.1) is 0 Å². The molecule has 0 bridgehead atoms. The van der Waals surface area contributed by atoms with E-state index in [1.54, 1.807) is 0 Å². The number of carbonyl (C=O) groups is 1. The minimum Gasteiger partial charge on any atom is -0.370 e. The number of nitrogens with zero attached hydrogens (tertiary/aromatic N) is 2. The number of fused-ring (bicyclic) bond motifs is 1. The van der Waals surface area contributed by atoms with E-state index in [1.165, 1.54) is 24.8 Å². The summed E-state index contributed by atoms with van der Waals surface area (Å²) >= 11 is 0. The fourth-order valence-electron chi connectivity index (χ4n) is 3.53. The van der Waals surface area contributed by atoms with E-state index in [2.05, 4.69) is 16.4 Å². The third-order valence-electron chi connectivity index (χ3n) is 4.75. The second-order valence-electron chi connectivity index (χ2n) is 6.46. The van der Waals surface area contributed by atoms with Crippen LogP contribution in [0.4, 0.5) is 5.69 Å². The predicted molar refractivity (Wildman–Crippen MR) is 93.6 cm³/mol. The molecule has 0 spiro atoms. The zero-order valence-electron chi connectivity index (χ0n) is 13.6. The largest absolute Gasteiger partial charge is 0.370 e. The number of carbonyl (C=O) groups excluding carboxylic acids is 1. The summed E-state index contributed by atoms with van der Waals surface area (Å²) in [5, 5.41) is 3.25. The van der Waals surface area contributed by atoms with Gasteiger partial charge in [0.15, 0.2) is 5.96 Å². The van der Waals surface area contributed by atoms with Gasteiger partial charge in [-0.15, -0.1) is 0 Å². The summed E-state index contributed by atoms with van der Waals surface area (Å²) in [5.41, 5.74) is 8.21. The van der Waals surface area contributed by atoms with Crippen LogP contribution >= 0.6 is 0 Å². The van der Waals surface area contributed by atoms with Crippen LogP contribution in [0.25, 0.3) is 0 Å². The van der Waals surface area contributed by atoms with E-state index in [9.17, 15) is 4.79 Å². The summed E-state index contributed by atoms with van der Waals surface area (Å²) in [5.74, 6) is 0.418. The first-order valence-corrected chi connectivity index (χ1v) is 8.69. The zero-order valence-corrected chi connectivity index (χ0v) is 13.6. The van der Waals surface area contributed by atoms with Crippen LogP contribution < -0.4 is 16.0 Å². The standard InChI is InChI=1S/C18H26N4O/c19-18(21-15-9-2-1-3-10-15)20-13-17(23)22-12-6-8-14-7-4-5-11-16(14)22/h4-5,7,11,15H,1-3,6,8-10,12-13H2,(H3,19,20,21). The average molecular weight is 314 g/mol. The number of hydrogen-bond donors (Lipinski definition) is 2. The fourth-order valence-corrected chi connectivity index (χ4v) is 3.53. The van der Waals surface area contributed by atoms with Crippen LogP contribution in [0.1, 0.15) is 44.1 Å². The van der Waals surface area contributed by atoms with Crippen LogP contribution in [0.2, 0.25) is 0 Å². The van der Waals surface area contributed by atoms with Gasteiger partial charge in [-0.2, -0.15) is 0 Å². The van der Waals surface area contributed by atoms with Crippen molar-refractivity contribution in [2.75, 3.05) is 18.0 Å². The Labute approximate surface area is 138 Å². The van der Waals surface area contributed by atoms with E-state index < -0.39 is 0 Å². The highest BCUT2D eigenvalue weighted by Crippen LogP contribution is 2.26. The van der Waals surface area contributed by atoms with Gasteiger partial charge in [0.05, 0.1) is 0 Å². The van der Waals surface area contributed by atoms with Crippen LogP contribution in [-0.4, -0.2) is 31.0 Å². The van der Waals surface area contributed by atoms with Gasteiger partial charge < -0.3 is 16.0 Å². The van der Waals surface area contributed by atoms with Gasteiger partial charge in [-0.1, -0.05) is 37.5 Å². The van der Waals surface area contributed by atoms with Crippen molar-refractivity contribution in [3.05, 3.63) is 29.8 Å². The molecule has 1 heterocycles. The van der Waals surface area contributed by atoms with Gasteiger partial charge in [-0.3, -0.25) is 4.79 Å². The lowest BCUT2D eigenvalue weighted by molar-refractivity contribution is -0.117. The Balaban J connectivity index is 1.58. The molecule has 1 aromatic carbocycles. The predicted octanol–water partition coefficient (Wildman–Crippen LogP) is 2.20. The lowest BCUT2D eigenvalue weighted by Crippen LogP contribution is -2.42. The third-order valence-corrected chi connectivity index (χ3v) is 4.75. The first kappa shape index (κ1) is 15.8. The molecule has 0 aromatic heterocycles. The van der Waals surface area contributed by atoms with E-state index in [4.69, 9.17) is 5.73 Å². The topological polar surface area (TPSA) is 70.7 Å². The normalized spacial score (nSPS) is 19.3. The van der Waals surface area contributed by atoms with Crippen LogP contribution in [-0.2, 0) is 11.2 Å². The molecule has 1 saturated carbocycles. The van der Waals surface area contributed by atoms with E-state index in [0.717, 1.165) is 37.9 Å².